The molecule has 0 spiro atoms. The lowest BCUT2D eigenvalue weighted by atomic mass is 10.1. The van der Waals surface area contributed by atoms with E-state index in [1.807, 2.05) is 38.1 Å². The maximum atomic E-state index is 11.3. The van der Waals surface area contributed by atoms with Crippen molar-refractivity contribution in [1.29, 1.82) is 0 Å². The van der Waals surface area contributed by atoms with Gasteiger partial charge in [-0.15, -0.1) is 0 Å². The van der Waals surface area contributed by atoms with E-state index in [4.69, 9.17) is 9.47 Å². The molecule has 3 aromatic carbocycles. The maximum absolute atomic E-state index is 11.3. The zero-order valence-corrected chi connectivity index (χ0v) is 19.5. The lowest BCUT2D eigenvalue weighted by Gasteiger charge is -2.17. The van der Waals surface area contributed by atoms with Crippen LogP contribution in [0.15, 0.2) is 59.1 Å². The Morgan fingerprint density at radius 3 is 2.55 bits per heavy atom. The fraction of sp³-hybridized carbons (Fsp3) is 0.240. The molecule has 2 N–H and O–H groups in total. The average Bonchev–Trinajstić information content (AvgIpc) is 2.72. The number of rotatable bonds is 9. The third-order valence-electron chi connectivity index (χ3n) is 4.80. The molecule has 3 aromatic rings. The summed E-state index contributed by atoms with van der Waals surface area (Å²) < 4.78 is 12.7. The number of ether oxygens (including phenoxy) is 2. The molecule has 5 nitrogen and oxygen atoms in total. The van der Waals surface area contributed by atoms with Crippen molar-refractivity contribution in [3.63, 3.8) is 0 Å². The SMILES string of the molecule is CCOc1cc(CNc2cc(C(=O)O)ccc2C)cc(Br)c1OCc1cccc(C)c1. The number of anilines is 1. The van der Waals surface area contributed by atoms with Gasteiger partial charge >= 0.3 is 5.97 Å². The van der Waals surface area contributed by atoms with Gasteiger partial charge in [0.15, 0.2) is 11.5 Å². The summed E-state index contributed by atoms with van der Waals surface area (Å²) in [6, 6.07) is 17.2. The molecule has 6 heteroatoms. The number of halogens is 1. The monoisotopic (exact) mass is 483 g/mol. The van der Waals surface area contributed by atoms with Crippen molar-refractivity contribution in [3.8, 4) is 11.5 Å². The summed E-state index contributed by atoms with van der Waals surface area (Å²) in [6.07, 6.45) is 0. The van der Waals surface area contributed by atoms with Crippen LogP contribution in [0.3, 0.4) is 0 Å². The molecular formula is C25H26BrNO4. The third kappa shape index (κ3) is 6.01. The van der Waals surface area contributed by atoms with Crippen LogP contribution in [0.2, 0.25) is 0 Å². The lowest BCUT2D eigenvalue weighted by Crippen LogP contribution is -2.06. The van der Waals surface area contributed by atoms with Gasteiger partial charge in [-0.05, 0) is 77.7 Å². The van der Waals surface area contributed by atoms with Gasteiger partial charge < -0.3 is 19.9 Å². The molecule has 162 valence electrons. The first-order chi connectivity index (χ1) is 14.9. The van der Waals surface area contributed by atoms with Crippen LogP contribution >= 0.6 is 15.9 Å². The Morgan fingerprint density at radius 1 is 1.03 bits per heavy atom. The van der Waals surface area contributed by atoms with Gasteiger partial charge in [0.25, 0.3) is 0 Å². The molecule has 0 amide bonds. The van der Waals surface area contributed by atoms with Crippen LogP contribution in [0, 0.1) is 13.8 Å². The molecule has 0 bridgehead atoms. The van der Waals surface area contributed by atoms with E-state index in [1.54, 1.807) is 18.2 Å². The predicted octanol–water partition coefficient (Wildman–Crippen LogP) is 6.35. The second-order valence-electron chi connectivity index (χ2n) is 7.30. The minimum atomic E-state index is -0.945. The smallest absolute Gasteiger partial charge is 0.335 e. The summed E-state index contributed by atoms with van der Waals surface area (Å²) >= 11 is 3.62. The number of hydrogen-bond acceptors (Lipinski definition) is 4. The van der Waals surface area contributed by atoms with Gasteiger partial charge in [-0.25, -0.2) is 4.79 Å². The second-order valence-corrected chi connectivity index (χ2v) is 8.16. The first-order valence-corrected chi connectivity index (χ1v) is 10.9. The van der Waals surface area contributed by atoms with Crippen LogP contribution in [-0.2, 0) is 13.2 Å². The van der Waals surface area contributed by atoms with E-state index < -0.39 is 5.97 Å². The number of carbonyl (C=O) groups is 1. The zero-order valence-electron chi connectivity index (χ0n) is 17.9. The largest absolute Gasteiger partial charge is 0.490 e. The average molecular weight is 484 g/mol. The molecule has 3 rings (SSSR count). The van der Waals surface area contributed by atoms with E-state index in [0.29, 0.717) is 31.3 Å². The summed E-state index contributed by atoms with van der Waals surface area (Å²) in [5.74, 6) is 0.382. The van der Waals surface area contributed by atoms with E-state index in [2.05, 4.69) is 40.3 Å². The van der Waals surface area contributed by atoms with Gasteiger partial charge in [-0.3, -0.25) is 0 Å². The van der Waals surface area contributed by atoms with Gasteiger partial charge in [0, 0.05) is 12.2 Å². The third-order valence-corrected chi connectivity index (χ3v) is 5.39. The fourth-order valence-electron chi connectivity index (χ4n) is 3.23. The summed E-state index contributed by atoms with van der Waals surface area (Å²) in [7, 11) is 0. The zero-order chi connectivity index (χ0) is 22.4. The summed E-state index contributed by atoms with van der Waals surface area (Å²) in [4.78, 5) is 11.3. The van der Waals surface area contributed by atoms with Gasteiger partial charge in [0.05, 0.1) is 16.6 Å². The molecule has 0 aliphatic heterocycles. The molecule has 0 atom stereocenters. The van der Waals surface area contributed by atoms with Crippen LogP contribution in [0.4, 0.5) is 5.69 Å². The molecule has 0 radical (unpaired) electrons. The Hall–Kier alpha value is -2.99. The topological polar surface area (TPSA) is 67.8 Å². The number of hydrogen-bond donors (Lipinski definition) is 2. The minimum Gasteiger partial charge on any atom is -0.490 e. The van der Waals surface area contributed by atoms with Crippen LogP contribution in [0.5, 0.6) is 11.5 Å². The van der Waals surface area contributed by atoms with Gasteiger partial charge in [0.2, 0.25) is 0 Å². The standard InChI is InChI=1S/C25H26BrNO4/c1-4-30-23-12-19(14-27-22-13-20(25(28)29)9-8-17(22)3)11-21(26)24(23)31-15-18-7-5-6-16(2)10-18/h5-13,27H,4,14-15H2,1-3H3,(H,28,29). The number of aromatic carboxylic acids is 1. The molecule has 0 aliphatic carbocycles. The molecule has 0 aliphatic rings. The van der Waals surface area contributed by atoms with Gasteiger partial charge in [-0.1, -0.05) is 35.9 Å². The summed E-state index contributed by atoms with van der Waals surface area (Å²) in [5, 5.41) is 12.6. The molecule has 0 heterocycles. The summed E-state index contributed by atoms with van der Waals surface area (Å²) in [5.41, 5.74) is 5.28. The number of nitrogens with one attached hydrogen (secondary N) is 1. The molecule has 0 saturated carbocycles. The maximum Gasteiger partial charge on any atom is 0.335 e. The number of benzene rings is 3. The van der Waals surface area contributed by atoms with Crippen molar-refractivity contribution < 1.29 is 19.4 Å². The van der Waals surface area contributed by atoms with Crippen LogP contribution in [0.25, 0.3) is 0 Å². The lowest BCUT2D eigenvalue weighted by molar-refractivity contribution is 0.0697. The molecule has 0 saturated heterocycles. The molecule has 0 aromatic heterocycles. The molecule has 0 unspecified atom stereocenters. The Morgan fingerprint density at radius 2 is 1.84 bits per heavy atom. The van der Waals surface area contributed by atoms with E-state index in [9.17, 15) is 9.90 Å². The Balaban J connectivity index is 1.78. The molecular weight excluding hydrogens is 458 g/mol. The van der Waals surface area contributed by atoms with Crippen LogP contribution < -0.4 is 14.8 Å². The Bertz CT molecular complexity index is 1080. The van der Waals surface area contributed by atoms with Gasteiger partial charge in [0.1, 0.15) is 6.61 Å². The Kier molecular flexibility index (Phi) is 7.58. The Labute approximate surface area is 191 Å². The molecule has 0 fully saturated rings. The molecule has 31 heavy (non-hydrogen) atoms. The minimum absolute atomic E-state index is 0.254. The quantitative estimate of drug-likeness (QED) is 0.370. The number of aryl methyl sites for hydroxylation is 2. The highest BCUT2D eigenvalue weighted by atomic mass is 79.9. The number of carboxylic acids is 1. The van der Waals surface area contributed by atoms with E-state index in [0.717, 1.165) is 26.9 Å². The highest BCUT2D eigenvalue weighted by Crippen LogP contribution is 2.38. The van der Waals surface area contributed by atoms with E-state index >= 15 is 0 Å². The van der Waals surface area contributed by atoms with Crippen molar-refractivity contribution in [2.24, 2.45) is 0 Å². The number of carboxylic acid groups (broad SMARTS) is 1. The van der Waals surface area contributed by atoms with Crippen molar-refractivity contribution in [2.45, 2.75) is 33.9 Å². The van der Waals surface area contributed by atoms with Crippen molar-refractivity contribution in [2.75, 3.05) is 11.9 Å². The highest BCUT2D eigenvalue weighted by Gasteiger charge is 2.13. The van der Waals surface area contributed by atoms with Gasteiger partial charge in [-0.2, -0.15) is 0 Å². The predicted molar refractivity (Wildman–Crippen MR) is 126 cm³/mol. The van der Waals surface area contributed by atoms with E-state index in [-0.39, 0.29) is 5.56 Å². The van der Waals surface area contributed by atoms with E-state index in [1.165, 1.54) is 5.56 Å². The fourth-order valence-corrected chi connectivity index (χ4v) is 3.83. The van der Waals surface area contributed by atoms with Crippen molar-refractivity contribution in [3.05, 3.63) is 86.9 Å². The normalized spacial score (nSPS) is 10.6. The second kappa shape index (κ2) is 10.4. The van der Waals surface area contributed by atoms with Crippen LogP contribution in [-0.4, -0.2) is 17.7 Å². The highest BCUT2D eigenvalue weighted by molar-refractivity contribution is 9.10. The first kappa shape index (κ1) is 22.7. The van der Waals surface area contributed by atoms with Crippen molar-refractivity contribution in [1.82, 2.24) is 0 Å². The van der Waals surface area contributed by atoms with Crippen LogP contribution in [0.1, 0.15) is 39.5 Å². The summed E-state index contributed by atoms with van der Waals surface area (Å²) in [6.45, 7) is 7.41. The first-order valence-electron chi connectivity index (χ1n) is 10.1. The van der Waals surface area contributed by atoms with Crippen molar-refractivity contribution >= 4 is 27.6 Å².